The number of hydrogen-bond donors (Lipinski definition) is 1. The molecule has 0 unspecified atom stereocenters. The van der Waals surface area contributed by atoms with Crippen LogP contribution < -0.4 is 5.32 Å². The number of nitrogens with zero attached hydrogens (tertiary/aromatic N) is 2. The maximum Gasteiger partial charge on any atom is 0.317 e. The van der Waals surface area contributed by atoms with E-state index in [2.05, 4.69) is 37.9 Å². The third-order valence-corrected chi connectivity index (χ3v) is 3.78. The van der Waals surface area contributed by atoms with Crippen LogP contribution in [0.4, 0.5) is 4.79 Å². The van der Waals surface area contributed by atoms with Crippen LogP contribution in [0.15, 0.2) is 0 Å². The largest absolute Gasteiger partial charge is 0.338 e. The van der Waals surface area contributed by atoms with Gasteiger partial charge in [0.1, 0.15) is 0 Å². The average Bonchev–Trinajstić information content (AvgIpc) is 2.79. The second-order valence-corrected chi connectivity index (χ2v) is 5.52. The lowest BCUT2D eigenvalue weighted by Gasteiger charge is -2.26. The van der Waals surface area contributed by atoms with Gasteiger partial charge < -0.3 is 10.2 Å². The lowest BCUT2D eigenvalue weighted by Crippen LogP contribution is -2.42. The molecule has 0 aliphatic carbocycles. The zero-order valence-corrected chi connectivity index (χ0v) is 12.4. The first-order valence-corrected chi connectivity index (χ1v) is 7.35. The van der Waals surface area contributed by atoms with E-state index >= 15 is 0 Å². The second-order valence-electron chi connectivity index (χ2n) is 5.52. The maximum atomic E-state index is 12.0. The molecule has 0 aromatic rings. The summed E-state index contributed by atoms with van der Waals surface area (Å²) >= 11 is 0. The van der Waals surface area contributed by atoms with Crippen LogP contribution >= 0.6 is 0 Å². The van der Waals surface area contributed by atoms with Gasteiger partial charge in [-0.05, 0) is 31.8 Å². The quantitative estimate of drug-likeness (QED) is 0.789. The number of urea groups is 1. The molecule has 2 amide bonds. The predicted molar refractivity (Wildman–Crippen MR) is 75.8 cm³/mol. The van der Waals surface area contributed by atoms with Crippen molar-refractivity contribution in [2.75, 3.05) is 32.7 Å². The zero-order valence-electron chi connectivity index (χ0n) is 12.4. The first kappa shape index (κ1) is 15.3. The fourth-order valence-corrected chi connectivity index (χ4v) is 2.54. The highest BCUT2D eigenvalue weighted by Gasteiger charge is 2.28. The van der Waals surface area contributed by atoms with Gasteiger partial charge in [0.15, 0.2) is 0 Å². The van der Waals surface area contributed by atoms with Gasteiger partial charge in [0.25, 0.3) is 0 Å². The highest BCUT2D eigenvalue weighted by atomic mass is 16.2. The van der Waals surface area contributed by atoms with Crippen LogP contribution in [0.2, 0.25) is 0 Å². The summed E-state index contributed by atoms with van der Waals surface area (Å²) in [5, 5.41) is 3.02. The monoisotopic (exact) mass is 255 g/mol. The number of hydrogen-bond acceptors (Lipinski definition) is 2. The average molecular weight is 255 g/mol. The Morgan fingerprint density at radius 1 is 1.39 bits per heavy atom. The van der Waals surface area contributed by atoms with E-state index in [4.69, 9.17) is 0 Å². The predicted octanol–water partition coefficient (Wildman–Crippen LogP) is 2.16. The molecule has 1 saturated heterocycles. The molecule has 1 fully saturated rings. The van der Waals surface area contributed by atoms with Crippen LogP contribution in [0.25, 0.3) is 0 Å². The van der Waals surface area contributed by atoms with Crippen molar-refractivity contribution in [2.24, 2.45) is 5.92 Å². The van der Waals surface area contributed by atoms with Crippen molar-refractivity contribution in [1.29, 1.82) is 0 Å². The molecule has 1 N–H and O–H groups in total. The van der Waals surface area contributed by atoms with Crippen molar-refractivity contribution in [3.63, 3.8) is 0 Å². The Hall–Kier alpha value is -0.770. The Labute approximate surface area is 112 Å². The molecule has 1 rings (SSSR count). The zero-order chi connectivity index (χ0) is 13.5. The van der Waals surface area contributed by atoms with E-state index in [0.29, 0.717) is 12.0 Å². The molecule has 0 bridgehead atoms. The van der Waals surface area contributed by atoms with E-state index in [0.717, 1.165) is 45.6 Å². The molecule has 18 heavy (non-hydrogen) atoms. The number of carbonyl (C=O) groups is 1. The van der Waals surface area contributed by atoms with Crippen molar-refractivity contribution < 1.29 is 4.79 Å². The summed E-state index contributed by atoms with van der Waals surface area (Å²) < 4.78 is 0. The Kier molecular flexibility index (Phi) is 6.47. The van der Waals surface area contributed by atoms with E-state index < -0.39 is 0 Å². The van der Waals surface area contributed by atoms with Crippen molar-refractivity contribution in [2.45, 2.75) is 46.6 Å². The molecule has 0 spiro atoms. The van der Waals surface area contributed by atoms with Crippen molar-refractivity contribution in [3.05, 3.63) is 0 Å². The summed E-state index contributed by atoms with van der Waals surface area (Å²) in [5.74, 6) is 0.646. The van der Waals surface area contributed by atoms with Crippen LogP contribution in [-0.2, 0) is 0 Å². The van der Waals surface area contributed by atoms with Gasteiger partial charge in [-0.1, -0.05) is 27.7 Å². The topological polar surface area (TPSA) is 35.6 Å². The lowest BCUT2D eigenvalue weighted by atomic mass is 10.1. The minimum absolute atomic E-state index is 0.116. The molecule has 4 nitrogen and oxygen atoms in total. The van der Waals surface area contributed by atoms with Gasteiger partial charge in [0.2, 0.25) is 0 Å². The summed E-state index contributed by atoms with van der Waals surface area (Å²) in [4.78, 5) is 16.4. The van der Waals surface area contributed by atoms with Crippen LogP contribution in [0, 0.1) is 5.92 Å². The fourth-order valence-electron chi connectivity index (χ4n) is 2.54. The number of rotatable bonds is 6. The third-order valence-electron chi connectivity index (χ3n) is 3.78. The normalized spacial score (nSPS) is 19.9. The molecule has 106 valence electrons. The number of amides is 2. The summed E-state index contributed by atoms with van der Waals surface area (Å²) in [6.45, 7) is 13.5. The third kappa shape index (κ3) is 4.48. The molecular formula is C14H29N3O. The Morgan fingerprint density at radius 3 is 2.61 bits per heavy atom. The summed E-state index contributed by atoms with van der Waals surface area (Å²) in [5.41, 5.74) is 0. The van der Waals surface area contributed by atoms with Crippen LogP contribution in [0.5, 0.6) is 0 Å². The molecule has 1 aliphatic rings. The number of likely N-dealkylation sites (tertiary alicyclic amines) is 1. The van der Waals surface area contributed by atoms with Gasteiger partial charge in [0, 0.05) is 25.7 Å². The first-order valence-electron chi connectivity index (χ1n) is 7.35. The highest BCUT2D eigenvalue weighted by Crippen LogP contribution is 2.15. The molecule has 1 heterocycles. The van der Waals surface area contributed by atoms with Gasteiger partial charge in [0.05, 0.1) is 0 Å². The van der Waals surface area contributed by atoms with Gasteiger partial charge >= 0.3 is 6.03 Å². The minimum atomic E-state index is 0.116. The molecule has 1 atom stereocenters. The number of carbonyl (C=O) groups excluding carboxylic acids is 1. The van der Waals surface area contributed by atoms with Crippen LogP contribution in [0.3, 0.4) is 0 Å². The van der Waals surface area contributed by atoms with E-state index in [1.165, 1.54) is 0 Å². The minimum Gasteiger partial charge on any atom is -0.338 e. The number of likely N-dealkylation sites (N-methyl/N-ethyl adjacent to an activating group) is 1. The maximum absolute atomic E-state index is 12.0. The van der Waals surface area contributed by atoms with Gasteiger partial charge in [-0.2, -0.15) is 0 Å². The lowest BCUT2D eigenvalue weighted by molar-refractivity contribution is 0.192. The molecule has 1 aliphatic heterocycles. The smallest absolute Gasteiger partial charge is 0.317 e. The first-order chi connectivity index (χ1) is 8.58. The fraction of sp³-hybridized carbons (Fsp3) is 0.929. The summed E-state index contributed by atoms with van der Waals surface area (Å²) in [7, 11) is 0. The molecular weight excluding hydrogens is 226 g/mol. The van der Waals surface area contributed by atoms with E-state index in [-0.39, 0.29) is 6.03 Å². The van der Waals surface area contributed by atoms with Gasteiger partial charge in [-0.3, -0.25) is 4.90 Å². The molecule has 0 aromatic heterocycles. The van der Waals surface area contributed by atoms with Crippen LogP contribution in [-0.4, -0.2) is 54.6 Å². The Morgan fingerprint density at radius 2 is 2.06 bits per heavy atom. The Bertz CT molecular complexity index is 251. The molecule has 0 radical (unpaired) electrons. The Balaban J connectivity index is 2.30. The van der Waals surface area contributed by atoms with E-state index in [9.17, 15) is 4.79 Å². The van der Waals surface area contributed by atoms with Crippen molar-refractivity contribution >= 4 is 6.03 Å². The molecule has 0 aromatic carbocycles. The van der Waals surface area contributed by atoms with E-state index in [1.54, 1.807) is 0 Å². The van der Waals surface area contributed by atoms with Crippen LogP contribution in [0.1, 0.15) is 40.5 Å². The summed E-state index contributed by atoms with van der Waals surface area (Å²) in [6, 6.07) is 0.668. The molecule has 4 heteroatoms. The van der Waals surface area contributed by atoms with Gasteiger partial charge in [-0.15, -0.1) is 0 Å². The van der Waals surface area contributed by atoms with Gasteiger partial charge in [-0.25, -0.2) is 4.79 Å². The number of nitrogens with one attached hydrogen (secondary N) is 1. The second kappa shape index (κ2) is 7.62. The molecule has 0 saturated carbocycles. The van der Waals surface area contributed by atoms with E-state index in [1.807, 2.05) is 4.90 Å². The highest BCUT2D eigenvalue weighted by molar-refractivity contribution is 5.74. The standard InChI is InChI=1S/C14H29N3O/c1-5-16(6-2)13-8-10-17(11-13)14(18)15-9-7-12(3)4/h12-13H,5-11H2,1-4H3,(H,15,18)/t13-/m1/s1. The van der Waals surface area contributed by atoms with Crippen molar-refractivity contribution in [1.82, 2.24) is 15.1 Å². The van der Waals surface area contributed by atoms with Crippen molar-refractivity contribution in [3.8, 4) is 0 Å². The SMILES string of the molecule is CCN(CC)[C@@H]1CCN(C(=O)NCCC(C)C)C1. The summed E-state index contributed by atoms with van der Waals surface area (Å²) in [6.07, 6.45) is 2.17.